The van der Waals surface area contributed by atoms with E-state index in [1.807, 2.05) is 31.2 Å². The molecule has 0 aliphatic carbocycles. The Kier molecular flexibility index (Phi) is 4.91. The Morgan fingerprint density at radius 1 is 1.20 bits per heavy atom. The molecule has 0 aromatic heterocycles. The topological polar surface area (TPSA) is 18.5 Å². The van der Waals surface area contributed by atoms with Gasteiger partial charge in [-0.15, -0.1) is 0 Å². The molecule has 0 aliphatic rings. The van der Waals surface area contributed by atoms with E-state index in [1.165, 1.54) is 0 Å². The highest BCUT2D eigenvalue weighted by Gasteiger charge is 1.95. The normalized spacial score (nSPS) is 10.0. The maximum Gasteiger partial charge on any atom is 0.119 e. The van der Waals surface area contributed by atoms with Crippen molar-refractivity contribution in [2.75, 3.05) is 20.3 Å². The van der Waals surface area contributed by atoms with Crippen molar-refractivity contribution in [3.63, 3.8) is 0 Å². The average molecular weight is 206 g/mol. The van der Waals surface area contributed by atoms with Crippen LogP contribution in [0.1, 0.15) is 18.9 Å². The fourth-order valence-corrected chi connectivity index (χ4v) is 1.23. The summed E-state index contributed by atoms with van der Waals surface area (Å²) < 4.78 is 10.5. The lowest BCUT2D eigenvalue weighted by Crippen LogP contribution is -2.01. The summed E-state index contributed by atoms with van der Waals surface area (Å²) in [6.07, 6.45) is 0.915. The molecule has 0 radical (unpaired) electrons. The van der Waals surface area contributed by atoms with Crippen molar-refractivity contribution >= 4 is 5.57 Å². The van der Waals surface area contributed by atoms with Gasteiger partial charge in [-0.3, -0.25) is 0 Å². The highest BCUT2D eigenvalue weighted by atomic mass is 16.5. The van der Waals surface area contributed by atoms with Crippen LogP contribution >= 0.6 is 0 Å². The lowest BCUT2D eigenvalue weighted by Gasteiger charge is -2.06. The minimum Gasteiger partial charge on any atom is -0.494 e. The molecule has 0 amide bonds. The predicted molar refractivity (Wildman–Crippen MR) is 63.1 cm³/mol. The monoisotopic (exact) mass is 206 g/mol. The third kappa shape index (κ3) is 4.17. The van der Waals surface area contributed by atoms with Gasteiger partial charge in [-0.25, -0.2) is 0 Å². The largest absolute Gasteiger partial charge is 0.494 e. The molecule has 0 atom stereocenters. The second kappa shape index (κ2) is 6.25. The van der Waals surface area contributed by atoms with E-state index in [9.17, 15) is 0 Å². The summed E-state index contributed by atoms with van der Waals surface area (Å²) >= 11 is 0. The molecule has 2 heteroatoms. The number of benzene rings is 1. The molecule has 82 valence electrons. The van der Waals surface area contributed by atoms with E-state index >= 15 is 0 Å². The van der Waals surface area contributed by atoms with Gasteiger partial charge in [0, 0.05) is 20.1 Å². The van der Waals surface area contributed by atoms with Crippen molar-refractivity contribution < 1.29 is 9.47 Å². The van der Waals surface area contributed by atoms with Crippen LogP contribution in [0, 0.1) is 0 Å². The zero-order valence-corrected chi connectivity index (χ0v) is 9.45. The number of hydrogen-bond donors (Lipinski definition) is 0. The second-order valence-corrected chi connectivity index (χ2v) is 3.50. The molecule has 0 fully saturated rings. The van der Waals surface area contributed by atoms with Crippen LogP contribution in [-0.2, 0) is 4.74 Å². The van der Waals surface area contributed by atoms with Crippen LogP contribution < -0.4 is 4.74 Å². The number of methoxy groups -OCH3 is 1. The maximum absolute atomic E-state index is 5.53. The Hall–Kier alpha value is -1.28. The Bertz CT molecular complexity index is 301. The summed E-state index contributed by atoms with van der Waals surface area (Å²) in [6.45, 7) is 7.31. The average Bonchev–Trinajstić information content (AvgIpc) is 2.25. The summed E-state index contributed by atoms with van der Waals surface area (Å²) in [6, 6.07) is 7.98. The first-order valence-corrected chi connectivity index (χ1v) is 5.11. The predicted octanol–water partition coefficient (Wildman–Crippen LogP) is 3.14. The summed E-state index contributed by atoms with van der Waals surface area (Å²) in [4.78, 5) is 0. The van der Waals surface area contributed by atoms with Crippen molar-refractivity contribution in [2.45, 2.75) is 13.3 Å². The van der Waals surface area contributed by atoms with Crippen molar-refractivity contribution in [3.05, 3.63) is 36.4 Å². The van der Waals surface area contributed by atoms with E-state index in [0.717, 1.165) is 29.9 Å². The fourth-order valence-electron chi connectivity index (χ4n) is 1.23. The third-order valence-electron chi connectivity index (χ3n) is 2.11. The molecule has 0 unspecified atom stereocenters. The van der Waals surface area contributed by atoms with E-state index in [2.05, 4.69) is 6.58 Å². The van der Waals surface area contributed by atoms with Gasteiger partial charge in [0.1, 0.15) is 5.75 Å². The van der Waals surface area contributed by atoms with Gasteiger partial charge in [0.2, 0.25) is 0 Å². The minimum atomic E-state index is 0.695. The van der Waals surface area contributed by atoms with Crippen LogP contribution in [0.3, 0.4) is 0 Å². The molecule has 0 aliphatic heterocycles. The summed E-state index contributed by atoms with van der Waals surface area (Å²) in [5.41, 5.74) is 2.22. The molecule has 1 aromatic rings. The van der Waals surface area contributed by atoms with Crippen LogP contribution in [0.25, 0.3) is 5.57 Å². The number of ether oxygens (including phenoxy) is 2. The molecule has 1 rings (SSSR count). The molecule has 1 aromatic carbocycles. The summed E-state index contributed by atoms with van der Waals surface area (Å²) in [5.74, 6) is 0.899. The molecule has 0 spiro atoms. The van der Waals surface area contributed by atoms with Crippen LogP contribution in [0.2, 0.25) is 0 Å². The Balaban J connectivity index is 2.39. The van der Waals surface area contributed by atoms with Gasteiger partial charge >= 0.3 is 0 Å². The molecule has 2 nitrogen and oxygen atoms in total. The zero-order chi connectivity index (χ0) is 11.1. The van der Waals surface area contributed by atoms with Gasteiger partial charge in [-0.1, -0.05) is 24.3 Å². The molecule has 0 bridgehead atoms. The van der Waals surface area contributed by atoms with Crippen molar-refractivity contribution in [3.8, 4) is 5.75 Å². The van der Waals surface area contributed by atoms with Crippen LogP contribution in [0.15, 0.2) is 30.8 Å². The second-order valence-electron chi connectivity index (χ2n) is 3.50. The molecule has 0 N–H and O–H groups in total. The quantitative estimate of drug-likeness (QED) is 0.666. The standard InChI is InChI=1S/C13H18O2/c1-11(2)12-5-7-13(8-6-12)15-10-4-9-14-3/h5-8H,1,4,9-10H2,2-3H3. The van der Waals surface area contributed by atoms with E-state index in [-0.39, 0.29) is 0 Å². The van der Waals surface area contributed by atoms with Crippen molar-refractivity contribution in [1.82, 2.24) is 0 Å². The SMILES string of the molecule is C=C(C)c1ccc(OCCCOC)cc1. The fraction of sp³-hybridized carbons (Fsp3) is 0.385. The molecular weight excluding hydrogens is 188 g/mol. The van der Waals surface area contributed by atoms with E-state index < -0.39 is 0 Å². The lowest BCUT2D eigenvalue weighted by atomic mass is 10.1. The number of allylic oxidation sites excluding steroid dienone is 1. The first kappa shape index (κ1) is 11.8. The van der Waals surface area contributed by atoms with Gasteiger partial charge in [-0.2, -0.15) is 0 Å². The minimum absolute atomic E-state index is 0.695. The van der Waals surface area contributed by atoms with Crippen molar-refractivity contribution in [2.24, 2.45) is 0 Å². The van der Waals surface area contributed by atoms with E-state index in [0.29, 0.717) is 6.61 Å². The van der Waals surface area contributed by atoms with Crippen LogP contribution in [0.4, 0.5) is 0 Å². The summed E-state index contributed by atoms with van der Waals surface area (Å²) in [7, 11) is 1.70. The Morgan fingerprint density at radius 2 is 1.87 bits per heavy atom. The van der Waals surface area contributed by atoms with E-state index in [4.69, 9.17) is 9.47 Å². The van der Waals surface area contributed by atoms with Gasteiger partial charge in [0.15, 0.2) is 0 Å². The number of rotatable bonds is 6. The Labute approximate surface area is 91.5 Å². The lowest BCUT2D eigenvalue weighted by molar-refractivity contribution is 0.172. The van der Waals surface area contributed by atoms with Gasteiger partial charge in [0.25, 0.3) is 0 Å². The third-order valence-corrected chi connectivity index (χ3v) is 2.11. The van der Waals surface area contributed by atoms with Gasteiger partial charge in [-0.05, 0) is 24.6 Å². The smallest absolute Gasteiger partial charge is 0.119 e. The molecule has 0 heterocycles. The summed E-state index contributed by atoms with van der Waals surface area (Å²) in [5, 5.41) is 0. The van der Waals surface area contributed by atoms with Gasteiger partial charge in [0.05, 0.1) is 6.61 Å². The highest BCUT2D eigenvalue weighted by molar-refractivity contribution is 5.61. The molecule has 0 saturated heterocycles. The van der Waals surface area contributed by atoms with Crippen molar-refractivity contribution in [1.29, 1.82) is 0 Å². The first-order chi connectivity index (χ1) is 7.24. The van der Waals surface area contributed by atoms with E-state index in [1.54, 1.807) is 7.11 Å². The molecule has 0 saturated carbocycles. The highest BCUT2D eigenvalue weighted by Crippen LogP contribution is 2.16. The molecular formula is C13H18O2. The van der Waals surface area contributed by atoms with Gasteiger partial charge < -0.3 is 9.47 Å². The molecule has 15 heavy (non-hydrogen) atoms. The maximum atomic E-state index is 5.53. The first-order valence-electron chi connectivity index (χ1n) is 5.11. The van der Waals surface area contributed by atoms with Crippen LogP contribution in [0.5, 0.6) is 5.75 Å². The zero-order valence-electron chi connectivity index (χ0n) is 9.45. The van der Waals surface area contributed by atoms with Crippen LogP contribution in [-0.4, -0.2) is 20.3 Å². The number of hydrogen-bond acceptors (Lipinski definition) is 2. The Morgan fingerprint density at radius 3 is 2.40 bits per heavy atom.